The number of likely N-dealkylation sites (tertiary alicyclic amines) is 1. The van der Waals surface area contributed by atoms with Crippen LogP contribution in [0, 0.1) is 11.8 Å². The number of hydrogen-bond acceptors (Lipinski definition) is 2. The fourth-order valence-electron chi connectivity index (χ4n) is 3.49. The third kappa shape index (κ3) is 3.96. The van der Waals surface area contributed by atoms with Crippen molar-refractivity contribution in [1.82, 2.24) is 10.2 Å². The van der Waals surface area contributed by atoms with Gasteiger partial charge in [0.25, 0.3) is 0 Å². The van der Waals surface area contributed by atoms with Crippen molar-refractivity contribution >= 4 is 0 Å². The van der Waals surface area contributed by atoms with Gasteiger partial charge in [-0.1, -0.05) is 26.7 Å². The van der Waals surface area contributed by atoms with Crippen LogP contribution >= 0.6 is 0 Å². The van der Waals surface area contributed by atoms with Gasteiger partial charge in [-0.05, 0) is 50.6 Å². The first-order chi connectivity index (χ1) is 8.29. The van der Waals surface area contributed by atoms with E-state index in [2.05, 4.69) is 24.1 Å². The molecular formula is C15H30N2. The lowest BCUT2D eigenvalue weighted by Crippen LogP contribution is -2.41. The van der Waals surface area contributed by atoms with Crippen molar-refractivity contribution in [3.8, 4) is 0 Å². The predicted octanol–water partition coefficient (Wildman–Crippen LogP) is 2.89. The largest absolute Gasteiger partial charge is 0.312 e. The van der Waals surface area contributed by atoms with Crippen molar-refractivity contribution in [2.24, 2.45) is 11.8 Å². The zero-order valence-corrected chi connectivity index (χ0v) is 11.8. The van der Waals surface area contributed by atoms with Crippen LogP contribution in [0.3, 0.4) is 0 Å². The molecule has 1 aliphatic carbocycles. The van der Waals surface area contributed by atoms with Crippen LogP contribution in [-0.2, 0) is 0 Å². The maximum Gasteiger partial charge on any atom is 0.0107 e. The summed E-state index contributed by atoms with van der Waals surface area (Å²) in [5.41, 5.74) is 0. The van der Waals surface area contributed by atoms with Crippen LogP contribution < -0.4 is 5.32 Å². The highest BCUT2D eigenvalue weighted by atomic mass is 15.1. The van der Waals surface area contributed by atoms with Gasteiger partial charge in [0, 0.05) is 19.1 Å². The molecule has 2 unspecified atom stereocenters. The van der Waals surface area contributed by atoms with E-state index < -0.39 is 0 Å². The van der Waals surface area contributed by atoms with Gasteiger partial charge in [0.05, 0.1) is 0 Å². The standard InChI is InChI=1S/C15H30N2/c1-3-14-5-4-6-15(14)16-9-12-17-10-7-13(2)8-11-17/h13-16H,3-12H2,1-2H3. The summed E-state index contributed by atoms with van der Waals surface area (Å²) in [6, 6.07) is 0.823. The Morgan fingerprint density at radius 1 is 1.12 bits per heavy atom. The molecule has 2 rings (SSSR count). The van der Waals surface area contributed by atoms with Crippen LogP contribution in [0.1, 0.15) is 52.4 Å². The molecule has 1 heterocycles. The summed E-state index contributed by atoms with van der Waals surface area (Å²) in [7, 11) is 0. The van der Waals surface area contributed by atoms with E-state index in [1.54, 1.807) is 0 Å². The highest BCUT2D eigenvalue weighted by Gasteiger charge is 2.25. The second-order valence-electron chi connectivity index (χ2n) is 6.18. The highest BCUT2D eigenvalue weighted by molar-refractivity contribution is 4.82. The van der Waals surface area contributed by atoms with Crippen LogP contribution in [0.25, 0.3) is 0 Å². The van der Waals surface area contributed by atoms with E-state index in [9.17, 15) is 0 Å². The first kappa shape index (κ1) is 13.4. The Hall–Kier alpha value is -0.0800. The fourth-order valence-corrected chi connectivity index (χ4v) is 3.49. The zero-order valence-electron chi connectivity index (χ0n) is 11.8. The van der Waals surface area contributed by atoms with E-state index in [-0.39, 0.29) is 0 Å². The summed E-state index contributed by atoms with van der Waals surface area (Å²) in [6.45, 7) is 9.85. The van der Waals surface area contributed by atoms with E-state index in [0.29, 0.717) is 0 Å². The maximum atomic E-state index is 3.80. The normalized spacial score (nSPS) is 32.1. The lowest BCUT2D eigenvalue weighted by atomic mass is 9.99. The smallest absolute Gasteiger partial charge is 0.0107 e. The molecule has 0 bridgehead atoms. The third-order valence-corrected chi connectivity index (χ3v) is 4.89. The number of nitrogens with zero attached hydrogens (tertiary/aromatic N) is 1. The Balaban J connectivity index is 1.59. The van der Waals surface area contributed by atoms with Gasteiger partial charge in [0.1, 0.15) is 0 Å². The van der Waals surface area contributed by atoms with Gasteiger partial charge in [-0.2, -0.15) is 0 Å². The third-order valence-electron chi connectivity index (χ3n) is 4.89. The first-order valence-corrected chi connectivity index (χ1v) is 7.75. The van der Waals surface area contributed by atoms with E-state index in [1.807, 2.05) is 0 Å². The molecular weight excluding hydrogens is 208 g/mol. The molecule has 2 atom stereocenters. The molecule has 2 aliphatic rings. The second kappa shape index (κ2) is 6.75. The van der Waals surface area contributed by atoms with Crippen molar-refractivity contribution in [3.05, 3.63) is 0 Å². The minimum atomic E-state index is 0.823. The van der Waals surface area contributed by atoms with E-state index in [1.165, 1.54) is 64.7 Å². The number of hydrogen-bond donors (Lipinski definition) is 1. The van der Waals surface area contributed by atoms with Crippen LogP contribution in [0.15, 0.2) is 0 Å². The lowest BCUT2D eigenvalue weighted by molar-refractivity contribution is 0.189. The average Bonchev–Trinajstić information content (AvgIpc) is 2.79. The molecule has 0 radical (unpaired) electrons. The molecule has 2 fully saturated rings. The minimum Gasteiger partial charge on any atom is -0.312 e. The summed E-state index contributed by atoms with van der Waals surface area (Å²) in [4.78, 5) is 2.64. The van der Waals surface area contributed by atoms with Crippen molar-refractivity contribution < 1.29 is 0 Å². The summed E-state index contributed by atoms with van der Waals surface area (Å²) in [5, 5.41) is 3.80. The Kier molecular flexibility index (Phi) is 5.30. The van der Waals surface area contributed by atoms with Crippen molar-refractivity contribution in [3.63, 3.8) is 0 Å². The van der Waals surface area contributed by atoms with Crippen LogP contribution in [0.2, 0.25) is 0 Å². The highest BCUT2D eigenvalue weighted by Crippen LogP contribution is 2.27. The maximum absolute atomic E-state index is 3.80. The van der Waals surface area contributed by atoms with Gasteiger partial charge in [0.15, 0.2) is 0 Å². The average molecular weight is 238 g/mol. The Labute approximate surface area is 107 Å². The number of rotatable bonds is 5. The molecule has 1 saturated heterocycles. The van der Waals surface area contributed by atoms with Crippen molar-refractivity contribution in [1.29, 1.82) is 0 Å². The minimum absolute atomic E-state index is 0.823. The quantitative estimate of drug-likeness (QED) is 0.792. The summed E-state index contributed by atoms with van der Waals surface area (Å²) < 4.78 is 0. The zero-order chi connectivity index (χ0) is 12.1. The summed E-state index contributed by atoms with van der Waals surface area (Å²) in [6.07, 6.45) is 8.48. The molecule has 2 heteroatoms. The molecule has 17 heavy (non-hydrogen) atoms. The topological polar surface area (TPSA) is 15.3 Å². The molecule has 0 aromatic carbocycles. The molecule has 0 spiro atoms. The Bertz CT molecular complexity index is 209. The van der Waals surface area contributed by atoms with Gasteiger partial charge in [0.2, 0.25) is 0 Å². The Morgan fingerprint density at radius 2 is 1.88 bits per heavy atom. The summed E-state index contributed by atoms with van der Waals surface area (Å²) in [5.74, 6) is 1.91. The molecule has 0 aromatic heterocycles. The van der Waals surface area contributed by atoms with Crippen LogP contribution in [-0.4, -0.2) is 37.1 Å². The molecule has 2 nitrogen and oxygen atoms in total. The van der Waals surface area contributed by atoms with Gasteiger partial charge in [-0.15, -0.1) is 0 Å². The van der Waals surface area contributed by atoms with E-state index in [4.69, 9.17) is 0 Å². The molecule has 1 saturated carbocycles. The Morgan fingerprint density at radius 3 is 2.59 bits per heavy atom. The van der Waals surface area contributed by atoms with Crippen molar-refractivity contribution in [2.45, 2.75) is 58.4 Å². The van der Waals surface area contributed by atoms with Crippen molar-refractivity contribution in [2.75, 3.05) is 26.2 Å². The molecule has 1 aliphatic heterocycles. The van der Waals surface area contributed by atoms with Gasteiger partial charge in [-0.25, -0.2) is 0 Å². The molecule has 100 valence electrons. The monoisotopic (exact) mass is 238 g/mol. The van der Waals surface area contributed by atoms with E-state index in [0.717, 1.165) is 17.9 Å². The number of nitrogens with one attached hydrogen (secondary N) is 1. The van der Waals surface area contributed by atoms with E-state index >= 15 is 0 Å². The van der Waals surface area contributed by atoms with Crippen LogP contribution in [0.4, 0.5) is 0 Å². The fraction of sp³-hybridized carbons (Fsp3) is 1.00. The van der Waals surface area contributed by atoms with Gasteiger partial charge < -0.3 is 10.2 Å². The number of piperidine rings is 1. The SMILES string of the molecule is CCC1CCCC1NCCN1CCC(C)CC1. The van der Waals surface area contributed by atoms with Gasteiger partial charge in [-0.3, -0.25) is 0 Å². The molecule has 0 aromatic rings. The second-order valence-corrected chi connectivity index (χ2v) is 6.18. The predicted molar refractivity (Wildman–Crippen MR) is 74.3 cm³/mol. The van der Waals surface area contributed by atoms with Crippen LogP contribution in [0.5, 0.6) is 0 Å². The molecule has 0 amide bonds. The lowest BCUT2D eigenvalue weighted by Gasteiger charge is -2.31. The first-order valence-electron chi connectivity index (χ1n) is 7.75. The molecule has 1 N–H and O–H groups in total. The summed E-state index contributed by atoms with van der Waals surface area (Å²) >= 11 is 0. The van der Waals surface area contributed by atoms with Gasteiger partial charge >= 0.3 is 0 Å².